The van der Waals surface area contributed by atoms with E-state index in [0.717, 1.165) is 32.8 Å². The Bertz CT molecular complexity index is 261. The van der Waals surface area contributed by atoms with Crippen molar-refractivity contribution in [1.29, 1.82) is 0 Å². The van der Waals surface area contributed by atoms with E-state index in [-0.39, 0.29) is 0 Å². The quantitative estimate of drug-likeness (QED) is 0.718. The number of nitrogens with zero attached hydrogens (tertiary/aromatic N) is 2. The monoisotopic (exact) mass is 283 g/mol. The molecule has 0 radical (unpaired) electrons. The molecule has 2 atom stereocenters. The van der Waals surface area contributed by atoms with Crippen LogP contribution in [0.25, 0.3) is 0 Å². The lowest BCUT2D eigenvalue weighted by Crippen LogP contribution is -2.23. The molecule has 17 heavy (non-hydrogen) atoms. The van der Waals surface area contributed by atoms with Gasteiger partial charge in [0.1, 0.15) is 6.61 Å². The van der Waals surface area contributed by atoms with E-state index in [1.54, 1.807) is 7.11 Å². The summed E-state index contributed by atoms with van der Waals surface area (Å²) < 4.78 is 27.2. The van der Waals surface area contributed by atoms with Crippen LogP contribution < -0.4 is 0 Å². The van der Waals surface area contributed by atoms with Crippen molar-refractivity contribution in [2.45, 2.75) is 6.92 Å². The lowest BCUT2D eigenvalue weighted by Gasteiger charge is -2.25. The smallest absolute Gasteiger partial charge is 0.321 e. The molecular formula is C9H21N2O4P2+. The van der Waals surface area contributed by atoms with Gasteiger partial charge in [-0.15, -0.1) is 4.67 Å². The Morgan fingerprint density at radius 3 is 2.76 bits per heavy atom. The molecule has 0 aromatic carbocycles. The summed E-state index contributed by atoms with van der Waals surface area (Å²) in [4.78, 5) is 0. The van der Waals surface area contributed by atoms with Gasteiger partial charge in [0.2, 0.25) is 6.35 Å². The van der Waals surface area contributed by atoms with Crippen LogP contribution in [0, 0.1) is 0 Å². The van der Waals surface area contributed by atoms with Crippen molar-refractivity contribution in [3.63, 3.8) is 0 Å². The van der Waals surface area contributed by atoms with E-state index in [9.17, 15) is 0 Å². The Kier molecular flexibility index (Phi) is 5.10. The SMILES string of the molecule is CCN1CCO[P+]1(COP1OCCN1C)OC. The average molecular weight is 283 g/mol. The zero-order valence-electron chi connectivity index (χ0n) is 10.7. The van der Waals surface area contributed by atoms with Gasteiger partial charge >= 0.3 is 7.87 Å². The molecule has 8 heteroatoms. The maximum Gasteiger partial charge on any atom is 0.375 e. The van der Waals surface area contributed by atoms with Crippen LogP contribution in [0.3, 0.4) is 0 Å². The Labute approximate surface area is 105 Å². The minimum atomic E-state index is -2.00. The van der Waals surface area contributed by atoms with Gasteiger partial charge in [-0.1, -0.05) is 0 Å². The molecule has 100 valence electrons. The molecule has 2 aliphatic rings. The molecule has 0 aromatic rings. The van der Waals surface area contributed by atoms with Crippen molar-refractivity contribution < 1.29 is 18.1 Å². The third-order valence-corrected chi connectivity index (χ3v) is 7.62. The molecule has 2 heterocycles. The van der Waals surface area contributed by atoms with Crippen LogP contribution in [0.1, 0.15) is 6.92 Å². The molecule has 0 aliphatic carbocycles. The third-order valence-electron chi connectivity index (χ3n) is 2.95. The van der Waals surface area contributed by atoms with Gasteiger partial charge in [0.05, 0.1) is 20.3 Å². The van der Waals surface area contributed by atoms with Crippen molar-refractivity contribution >= 4 is 16.4 Å². The molecule has 2 saturated heterocycles. The first kappa shape index (κ1) is 14.0. The molecule has 0 amide bonds. The number of likely N-dealkylation sites (N-methyl/N-ethyl adjacent to an activating group) is 2. The summed E-state index contributed by atoms with van der Waals surface area (Å²) >= 11 is 0. The molecule has 0 N–H and O–H groups in total. The predicted octanol–water partition coefficient (Wildman–Crippen LogP) is 1.91. The maximum atomic E-state index is 5.85. The van der Waals surface area contributed by atoms with E-state index in [1.165, 1.54) is 0 Å². The second kappa shape index (κ2) is 6.18. The van der Waals surface area contributed by atoms with Crippen molar-refractivity contribution in [2.24, 2.45) is 0 Å². The minimum Gasteiger partial charge on any atom is -0.321 e. The first-order valence-corrected chi connectivity index (χ1v) is 8.72. The fraction of sp³-hybridized carbons (Fsp3) is 1.00. The Hall–Kier alpha value is 0.620. The van der Waals surface area contributed by atoms with E-state index in [4.69, 9.17) is 18.1 Å². The van der Waals surface area contributed by atoms with Crippen LogP contribution in [0.4, 0.5) is 0 Å². The van der Waals surface area contributed by atoms with Crippen LogP contribution in [-0.2, 0) is 18.1 Å². The van der Waals surface area contributed by atoms with Gasteiger partial charge in [0.25, 0.3) is 8.53 Å². The van der Waals surface area contributed by atoms with E-state index in [1.807, 2.05) is 7.05 Å². The highest BCUT2D eigenvalue weighted by molar-refractivity contribution is 7.64. The van der Waals surface area contributed by atoms with Gasteiger partial charge in [-0.25, -0.2) is 4.67 Å². The minimum absolute atomic E-state index is 0.493. The summed E-state index contributed by atoms with van der Waals surface area (Å²) in [5.74, 6) is 0. The van der Waals surface area contributed by atoms with Crippen molar-refractivity contribution in [1.82, 2.24) is 9.34 Å². The highest BCUT2D eigenvalue weighted by atomic mass is 31.2. The normalized spacial score (nSPS) is 35.8. The number of rotatable bonds is 5. The topological polar surface area (TPSA) is 43.4 Å². The fourth-order valence-electron chi connectivity index (χ4n) is 1.93. The number of hydrogen-bond acceptors (Lipinski definition) is 6. The molecule has 0 bridgehead atoms. The largest absolute Gasteiger partial charge is 0.375 e. The first-order chi connectivity index (χ1) is 8.22. The van der Waals surface area contributed by atoms with E-state index in [2.05, 4.69) is 16.3 Å². The molecule has 0 spiro atoms. The summed E-state index contributed by atoms with van der Waals surface area (Å²) in [7, 11) is 0.818. The zero-order valence-corrected chi connectivity index (χ0v) is 12.5. The lowest BCUT2D eigenvalue weighted by molar-refractivity contribution is 0.240. The van der Waals surface area contributed by atoms with E-state index in [0.29, 0.717) is 6.35 Å². The molecule has 2 rings (SSSR count). The molecule has 0 aromatic heterocycles. The summed E-state index contributed by atoms with van der Waals surface area (Å²) in [6.45, 7) is 6.39. The van der Waals surface area contributed by atoms with Crippen molar-refractivity contribution in [3.8, 4) is 0 Å². The summed E-state index contributed by atoms with van der Waals surface area (Å²) in [6, 6.07) is 0. The molecule has 2 aliphatic heterocycles. The molecule has 6 nitrogen and oxygen atoms in total. The van der Waals surface area contributed by atoms with Gasteiger partial charge in [0.15, 0.2) is 0 Å². The third kappa shape index (κ3) is 2.96. The van der Waals surface area contributed by atoms with Crippen molar-refractivity contribution in [3.05, 3.63) is 0 Å². The molecule has 2 unspecified atom stereocenters. The molecule has 0 saturated carbocycles. The Morgan fingerprint density at radius 1 is 1.35 bits per heavy atom. The fourth-order valence-corrected chi connectivity index (χ4v) is 5.88. The van der Waals surface area contributed by atoms with Crippen LogP contribution in [0.2, 0.25) is 0 Å². The van der Waals surface area contributed by atoms with Crippen LogP contribution in [0.5, 0.6) is 0 Å². The highest BCUT2D eigenvalue weighted by Gasteiger charge is 2.54. The van der Waals surface area contributed by atoms with Gasteiger partial charge in [0, 0.05) is 13.1 Å². The second-order valence-corrected chi connectivity index (χ2v) is 8.31. The summed E-state index contributed by atoms with van der Waals surface area (Å²) in [5.41, 5.74) is 0. The predicted molar refractivity (Wildman–Crippen MR) is 68.6 cm³/mol. The highest BCUT2D eigenvalue weighted by Crippen LogP contribution is 2.67. The van der Waals surface area contributed by atoms with E-state index < -0.39 is 16.4 Å². The van der Waals surface area contributed by atoms with Crippen LogP contribution in [0.15, 0.2) is 0 Å². The Balaban J connectivity index is 1.90. The van der Waals surface area contributed by atoms with Gasteiger partial charge < -0.3 is 4.52 Å². The summed E-state index contributed by atoms with van der Waals surface area (Å²) in [5, 5.41) is 0. The zero-order chi connectivity index (χ0) is 12.3. The molecule has 2 fully saturated rings. The summed E-state index contributed by atoms with van der Waals surface area (Å²) in [6.07, 6.45) is 0.493. The van der Waals surface area contributed by atoms with E-state index >= 15 is 0 Å². The first-order valence-electron chi connectivity index (χ1n) is 5.82. The maximum absolute atomic E-state index is 5.85. The van der Waals surface area contributed by atoms with Crippen molar-refractivity contribution in [2.75, 3.05) is 53.4 Å². The lowest BCUT2D eigenvalue weighted by atomic mass is 10.6. The second-order valence-electron chi connectivity index (χ2n) is 3.91. The average Bonchev–Trinajstić information content (AvgIpc) is 2.93. The molecular weight excluding hydrogens is 262 g/mol. The number of hydrogen-bond donors (Lipinski definition) is 0. The Morgan fingerprint density at radius 2 is 2.18 bits per heavy atom. The van der Waals surface area contributed by atoms with Gasteiger partial charge in [-0.05, 0) is 14.0 Å². The van der Waals surface area contributed by atoms with Crippen LogP contribution in [-0.4, -0.2) is 62.7 Å². The van der Waals surface area contributed by atoms with Crippen LogP contribution >= 0.6 is 16.4 Å². The van der Waals surface area contributed by atoms with Gasteiger partial charge in [-0.3, -0.25) is 4.52 Å². The van der Waals surface area contributed by atoms with Gasteiger partial charge in [-0.2, -0.15) is 9.05 Å². The standard InChI is InChI=1S/C9H21N2O4P2/c1-4-11-6-8-15-17(11,12-3)9-14-16-10(2)5-7-13-16/h4-9H2,1-3H3/q+1.